The first-order chi connectivity index (χ1) is 13.2. The molecule has 0 heterocycles. The van der Waals surface area contributed by atoms with Crippen molar-refractivity contribution in [3.63, 3.8) is 0 Å². The Morgan fingerprint density at radius 3 is 1.03 bits per heavy atom. The minimum atomic E-state index is 0. The van der Waals surface area contributed by atoms with E-state index in [1.165, 1.54) is 16.7 Å². The van der Waals surface area contributed by atoms with Crippen LogP contribution in [0.3, 0.4) is 0 Å². The number of rotatable bonds is 12. The van der Waals surface area contributed by atoms with Crippen LogP contribution >= 0.6 is 0 Å². The molecule has 4 heteroatoms. The first-order valence-electron chi connectivity index (χ1n) is 9.92. The monoisotopic (exact) mass is 771 g/mol. The Labute approximate surface area is 325 Å². The molecule has 0 spiro atoms. The fourth-order valence-corrected chi connectivity index (χ4v) is 2.23. The third-order valence-corrected chi connectivity index (χ3v) is 3.34. The zero-order chi connectivity index (χ0) is 23.6. The van der Waals surface area contributed by atoms with Crippen LogP contribution in [0, 0.1) is 50.5 Å². The molecule has 0 saturated carbocycles. The fourth-order valence-electron chi connectivity index (χ4n) is 2.23. The minimum absolute atomic E-state index is 0. The number of hydrogen-bond acceptors (Lipinski definition) is 0. The van der Waals surface area contributed by atoms with Crippen molar-refractivity contribution in [2.75, 3.05) is 0 Å². The van der Waals surface area contributed by atoms with Gasteiger partial charge in [-0.05, 0) is 52.9 Å². The van der Waals surface area contributed by atoms with Gasteiger partial charge < -0.3 is 36.6 Å². The van der Waals surface area contributed by atoms with E-state index in [1.807, 2.05) is 20.8 Å². The SMILES string of the molecule is C=C(C)CC(=C)CC(=C)C[CH2-].C=C([CH2-])CC(=C)C.C=C([CH2-])CCC(=C)CC(=C)C.[CH3-].[CH3-].[CH3-].[CH3-].[V+2].[Y].[Y].[Y]. The van der Waals surface area contributed by atoms with Crippen LogP contribution in [-0.4, -0.2) is 0 Å². The zero-order valence-corrected chi connectivity index (χ0v) is 35.8. The molecular weight excluding hydrogens is 714 g/mol. The Morgan fingerprint density at radius 1 is 0.486 bits per heavy atom. The molecule has 0 rings (SSSR count). The molecule has 0 amide bonds. The summed E-state index contributed by atoms with van der Waals surface area (Å²) < 4.78 is 0. The molecule has 0 unspecified atom stereocenters. The van der Waals surface area contributed by atoms with E-state index >= 15 is 0 Å². The first kappa shape index (κ1) is 71.6. The van der Waals surface area contributed by atoms with E-state index in [-0.39, 0.29) is 146 Å². The van der Waals surface area contributed by atoms with Crippen LogP contribution in [-0.2, 0) is 117 Å². The first-order valence-corrected chi connectivity index (χ1v) is 9.92. The Bertz CT molecular complexity index is 613. The second-order valence-electron chi connectivity index (χ2n) is 8.08. The van der Waals surface area contributed by atoms with Crippen LogP contribution in [0.4, 0.5) is 0 Å². The molecule has 0 aliphatic carbocycles. The second kappa shape index (κ2) is 47.4. The van der Waals surface area contributed by atoms with Gasteiger partial charge in [0.15, 0.2) is 0 Å². The Hall–Kier alpha value is 1.56. The fraction of sp³-hybridized carbons (Fsp3) is 0.303. The maximum absolute atomic E-state index is 3.94. The van der Waals surface area contributed by atoms with E-state index < -0.39 is 0 Å². The summed E-state index contributed by atoms with van der Waals surface area (Å²) in [6.45, 7) is 47.5. The Kier molecular flexibility index (Phi) is 91.7. The predicted molar refractivity (Wildman–Crippen MR) is 164 cm³/mol. The summed E-state index contributed by atoms with van der Waals surface area (Å²) in [5, 5.41) is 0. The molecule has 0 bridgehead atoms. The van der Waals surface area contributed by atoms with Crippen molar-refractivity contribution in [1.29, 1.82) is 0 Å². The van der Waals surface area contributed by atoms with Gasteiger partial charge in [0.1, 0.15) is 0 Å². The van der Waals surface area contributed by atoms with Gasteiger partial charge in [0, 0.05) is 98.1 Å². The van der Waals surface area contributed by atoms with Crippen LogP contribution in [0.2, 0.25) is 0 Å². The van der Waals surface area contributed by atoms with E-state index in [0.29, 0.717) is 0 Å². The molecule has 0 aromatic carbocycles. The van der Waals surface area contributed by atoms with E-state index in [4.69, 9.17) is 0 Å². The average molecular weight is 771 g/mol. The topological polar surface area (TPSA) is 0 Å². The Balaban J connectivity index is -0.0000000280. The van der Waals surface area contributed by atoms with Crippen LogP contribution < -0.4 is 0 Å². The van der Waals surface area contributed by atoms with Crippen molar-refractivity contribution in [1.82, 2.24) is 0 Å². The van der Waals surface area contributed by atoms with Gasteiger partial charge in [0.05, 0.1) is 0 Å². The van der Waals surface area contributed by atoms with Crippen molar-refractivity contribution in [3.05, 3.63) is 148 Å². The van der Waals surface area contributed by atoms with Crippen LogP contribution in [0.15, 0.2) is 97.2 Å². The van der Waals surface area contributed by atoms with Gasteiger partial charge in [0.2, 0.25) is 0 Å². The summed E-state index contributed by atoms with van der Waals surface area (Å²) in [7, 11) is 0. The third-order valence-electron chi connectivity index (χ3n) is 3.34. The standard InChI is InChI=1S/2C11H17.C7H11.4CH3.V.3Y/c1-9(2)6-7-11(5)8-10(3)4;1-6-10(4)8-11(5)7-9(2)3;1-6(2)5-7(3)4;;;;;;;;/h1-3,5-8H2,4H3;1-2,4-8H2,3H3;1-3,5H2,4H3;4*1H3;;;;/q7*-1;+2;;;. The van der Waals surface area contributed by atoms with Crippen molar-refractivity contribution in [2.45, 2.75) is 65.7 Å². The van der Waals surface area contributed by atoms with Crippen LogP contribution in [0.25, 0.3) is 0 Å². The summed E-state index contributed by atoms with van der Waals surface area (Å²) in [5.74, 6) is 0. The molecule has 208 valence electrons. The van der Waals surface area contributed by atoms with E-state index in [1.54, 1.807) is 0 Å². The van der Waals surface area contributed by atoms with Gasteiger partial charge in [-0.3, -0.25) is 0 Å². The number of allylic oxidation sites excluding steroid dienone is 8. The number of hydrogen-bond donors (Lipinski definition) is 0. The molecular formula is C33H57VY3-5. The molecule has 0 aromatic rings. The van der Waals surface area contributed by atoms with Gasteiger partial charge in [-0.1, -0.05) is 67.2 Å². The normalized spacial score (nSPS) is 7.03. The zero-order valence-electron chi connectivity index (χ0n) is 25.9. The summed E-state index contributed by atoms with van der Waals surface area (Å²) in [4.78, 5) is 0. The molecule has 0 nitrogen and oxygen atoms in total. The summed E-state index contributed by atoms with van der Waals surface area (Å²) in [5.41, 5.74) is 8.93. The average Bonchev–Trinajstić information content (AvgIpc) is 2.51. The second-order valence-corrected chi connectivity index (χ2v) is 8.08. The molecule has 37 heavy (non-hydrogen) atoms. The molecule has 0 aliphatic rings. The van der Waals surface area contributed by atoms with Crippen molar-refractivity contribution in [3.8, 4) is 0 Å². The maximum Gasteiger partial charge on any atom is 2.00 e. The van der Waals surface area contributed by atoms with E-state index in [9.17, 15) is 0 Å². The van der Waals surface area contributed by atoms with Crippen LogP contribution in [0.1, 0.15) is 65.7 Å². The van der Waals surface area contributed by atoms with Crippen molar-refractivity contribution in [2.24, 2.45) is 0 Å². The molecule has 0 atom stereocenters. The molecule has 4 radical (unpaired) electrons. The third kappa shape index (κ3) is 78.7. The summed E-state index contributed by atoms with van der Waals surface area (Å²) in [6.07, 6.45) is 6.36. The molecule has 0 saturated heterocycles. The van der Waals surface area contributed by atoms with Gasteiger partial charge in [-0.2, -0.15) is 6.42 Å². The summed E-state index contributed by atoms with van der Waals surface area (Å²) >= 11 is 0. The molecule has 0 aliphatic heterocycles. The van der Waals surface area contributed by atoms with Crippen molar-refractivity contribution >= 4 is 0 Å². The molecule has 0 aromatic heterocycles. The largest absolute Gasteiger partial charge is 2.00 e. The quantitative estimate of drug-likeness (QED) is 0.137. The predicted octanol–water partition coefficient (Wildman–Crippen LogP) is 11.5. The molecule has 0 fully saturated rings. The Morgan fingerprint density at radius 2 is 0.811 bits per heavy atom. The van der Waals surface area contributed by atoms with Gasteiger partial charge in [-0.25, -0.2) is 38.2 Å². The van der Waals surface area contributed by atoms with E-state index in [0.717, 1.165) is 72.8 Å². The van der Waals surface area contributed by atoms with Crippen molar-refractivity contribution < 1.29 is 117 Å². The van der Waals surface area contributed by atoms with Gasteiger partial charge >= 0.3 is 18.6 Å². The maximum atomic E-state index is 3.94. The van der Waals surface area contributed by atoms with Crippen LogP contribution in [0.5, 0.6) is 0 Å². The smallest absolute Gasteiger partial charge is 0.358 e. The summed E-state index contributed by atoms with van der Waals surface area (Å²) in [6, 6.07) is 0. The molecule has 0 N–H and O–H groups in total. The minimum Gasteiger partial charge on any atom is -0.358 e. The van der Waals surface area contributed by atoms with Gasteiger partial charge in [0.25, 0.3) is 0 Å². The van der Waals surface area contributed by atoms with Gasteiger partial charge in [-0.15, -0.1) is 12.2 Å². The van der Waals surface area contributed by atoms with E-state index in [2.05, 4.69) is 73.4 Å².